The topological polar surface area (TPSA) is 39.2 Å². The summed E-state index contributed by atoms with van der Waals surface area (Å²) in [7, 11) is 0. The van der Waals surface area contributed by atoms with Gasteiger partial charge in [0, 0.05) is 10.9 Å². The van der Waals surface area contributed by atoms with Crippen LogP contribution in [0.5, 0.6) is 0 Å². The number of fused-ring (bicyclic) bond motifs is 1. The summed E-state index contributed by atoms with van der Waals surface area (Å²) in [6, 6.07) is 6.14. The third-order valence-corrected chi connectivity index (χ3v) is 3.59. The van der Waals surface area contributed by atoms with Gasteiger partial charge in [-0.2, -0.15) is 0 Å². The number of aryl methyl sites for hydroxylation is 1. The molecule has 0 aliphatic rings. The Kier molecular flexibility index (Phi) is 6.14. The largest absolute Gasteiger partial charge is 0.460 e. The van der Waals surface area contributed by atoms with Crippen molar-refractivity contribution in [2.45, 2.75) is 46.6 Å². The second kappa shape index (κ2) is 7.18. The molecule has 0 amide bonds. The lowest BCUT2D eigenvalue weighted by Gasteiger charge is -2.18. The van der Waals surface area contributed by atoms with Crippen LogP contribution in [0, 0.1) is 6.92 Å². The van der Waals surface area contributed by atoms with Crippen LogP contribution in [0.15, 0.2) is 22.7 Å². The monoisotopic (exact) mass is 357 g/mol. The maximum absolute atomic E-state index is 10.6. The summed E-state index contributed by atoms with van der Waals surface area (Å²) in [5.41, 5.74) is 0.767. The van der Waals surface area contributed by atoms with Gasteiger partial charge in [-0.1, -0.05) is 22.9 Å². The number of benzene rings is 1. The Morgan fingerprint density at radius 2 is 2.05 bits per heavy atom. The molecule has 20 heavy (non-hydrogen) atoms. The van der Waals surface area contributed by atoms with E-state index in [2.05, 4.69) is 27.0 Å². The third kappa shape index (κ3) is 6.01. The summed E-state index contributed by atoms with van der Waals surface area (Å²) in [5, 5.41) is 1.12. The second-order valence-corrected chi connectivity index (χ2v) is 7.44. The van der Waals surface area contributed by atoms with Crippen molar-refractivity contribution in [2.75, 3.05) is 0 Å². The lowest BCUT2D eigenvalue weighted by Crippen LogP contribution is -2.23. The Hall–Kier alpha value is -0.940. The van der Waals surface area contributed by atoms with E-state index < -0.39 is 0 Å². The molecule has 0 N–H and O–H groups in total. The number of halogens is 1. The molecule has 1 heterocycles. The summed E-state index contributed by atoms with van der Waals surface area (Å²) in [5.74, 6) is -0.137. The van der Waals surface area contributed by atoms with Gasteiger partial charge in [-0.05, 0) is 45.9 Å². The lowest BCUT2D eigenvalue weighted by atomic mass is 10.2. The average molecular weight is 358 g/mol. The molecular weight excluding hydrogens is 338 g/mol. The van der Waals surface area contributed by atoms with E-state index in [1.807, 2.05) is 39.8 Å². The van der Waals surface area contributed by atoms with Crippen LogP contribution in [0.2, 0.25) is 0 Å². The zero-order valence-corrected chi connectivity index (χ0v) is 14.9. The van der Waals surface area contributed by atoms with Crippen LogP contribution in [-0.2, 0) is 9.53 Å². The Balaban J connectivity index is 0.000000206. The number of nitrogens with zero attached hydrogens (tertiary/aromatic N) is 1. The highest BCUT2D eigenvalue weighted by Crippen LogP contribution is 2.24. The highest BCUT2D eigenvalue weighted by atomic mass is 79.9. The molecule has 1 aromatic heterocycles. The molecule has 2 rings (SSSR count). The van der Waals surface area contributed by atoms with Gasteiger partial charge in [0.1, 0.15) is 5.60 Å². The van der Waals surface area contributed by atoms with Crippen LogP contribution in [0.4, 0.5) is 0 Å². The summed E-state index contributed by atoms with van der Waals surface area (Å²) < 4.78 is 7.31. The van der Waals surface area contributed by atoms with Crippen LogP contribution < -0.4 is 0 Å². The first-order valence-corrected chi connectivity index (χ1v) is 8.07. The maximum Gasteiger partial charge on any atom is 0.306 e. The molecule has 0 fully saturated rings. The van der Waals surface area contributed by atoms with E-state index in [0.717, 1.165) is 15.0 Å². The summed E-state index contributed by atoms with van der Waals surface area (Å²) >= 11 is 5.15. The third-order valence-electron chi connectivity index (χ3n) is 2.17. The minimum atomic E-state index is -0.326. The molecule has 0 unspecified atom stereocenters. The predicted molar refractivity (Wildman–Crippen MR) is 88.2 cm³/mol. The van der Waals surface area contributed by atoms with Crippen molar-refractivity contribution in [1.82, 2.24) is 4.98 Å². The molecule has 0 atom stereocenters. The van der Waals surface area contributed by atoms with Crippen LogP contribution in [-0.4, -0.2) is 16.6 Å². The zero-order valence-electron chi connectivity index (χ0n) is 12.5. The Morgan fingerprint density at radius 1 is 1.40 bits per heavy atom. The van der Waals surface area contributed by atoms with Gasteiger partial charge in [0.25, 0.3) is 0 Å². The molecule has 0 radical (unpaired) electrons. The van der Waals surface area contributed by atoms with Crippen molar-refractivity contribution >= 4 is 43.5 Å². The first-order valence-electron chi connectivity index (χ1n) is 6.46. The van der Waals surface area contributed by atoms with E-state index >= 15 is 0 Å². The van der Waals surface area contributed by atoms with Gasteiger partial charge in [0.15, 0.2) is 0 Å². The quantitative estimate of drug-likeness (QED) is 0.666. The number of aromatic nitrogens is 1. The van der Waals surface area contributed by atoms with Crippen LogP contribution in [0.1, 0.15) is 39.1 Å². The number of thiazole rings is 1. The number of rotatable bonds is 1. The van der Waals surface area contributed by atoms with E-state index in [0.29, 0.717) is 6.42 Å². The second-order valence-electron chi connectivity index (χ2n) is 5.28. The smallest absolute Gasteiger partial charge is 0.306 e. The van der Waals surface area contributed by atoms with Crippen LogP contribution in [0.25, 0.3) is 10.2 Å². The van der Waals surface area contributed by atoms with E-state index in [-0.39, 0.29) is 11.6 Å². The van der Waals surface area contributed by atoms with Crippen molar-refractivity contribution in [2.24, 2.45) is 0 Å². The minimum absolute atomic E-state index is 0.137. The predicted octanol–water partition coefficient (Wildman–Crippen LogP) is 5.11. The van der Waals surface area contributed by atoms with Gasteiger partial charge >= 0.3 is 5.97 Å². The zero-order chi connectivity index (χ0) is 15.3. The van der Waals surface area contributed by atoms with Gasteiger partial charge < -0.3 is 4.74 Å². The molecular formula is C15H20BrNO2S. The summed E-state index contributed by atoms with van der Waals surface area (Å²) in [6.45, 7) is 9.40. The molecule has 1 aromatic carbocycles. The van der Waals surface area contributed by atoms with Crippen molar-refractivity contribution in [1.29, 1.82) is 0 Å². The molecule has 0 aliphatic heterocycles. The summed E-state index contributed by atoms with van der Waals surface area (Å²) in [6.07, 6.45) is 0.456. The average Bonchev–Trinajstić information content (AvgIpc) is 2.67. The lowest BCUT2D eigenvalue weighted by molar-refractivity contribution is -0.154. The number of hydrogen-bond acceptors (Lipinski definition) is 4. The molecule has 0 aliphatic carbocycles. The number of carbonyl (C=O) groups is 1. The van der Waals surface area contributed by atoms with Crippen molar-refractivity contribution in [3.8, 4) is 0 Å². The SMILES string of the molecule is CCC(=O)OC(C)(C)C.Cc1nc2ccc(Br)cc2s1. The fourth-order valence-corrected chi connectivity index (χ4v) is 2.81. The van der Waals surface area contributed by atoms with E-state index in [9.17, 15) is 4.79 Å². The Bertz CT molecular complexity index is 587. The standard InChI is InChI=1S/C8H6BrNS.C7H14O2/c1-5-10-7-3-2-6(9)4-8(7)11-5;1-5-6(8)9-7(2,3)4/h2-4H,1H3;5H2,1-4H3. The van der Waals surface area contributed by atoms with Crippen molar-refractivity contribution < 1.29 is 9.53 Å². The van der Waals surface area contributed by atoms with Gasteiger partial charge in [0.2, 0.25) is 0 Å². The van der Waals surface area contributed by atoms with Crippen molar-refractivity contribution in [3.05, 3.63) is 27.7 Å². The van der Waals surface area contributed by atoms with Crippen LogP contribution >= 0.6 is 27.3 Å². The molecule has 5 heteroatoms. The first kappa shape index (κ1) is 17.1. The van der Waals surface area contributed by atoms with Gasteiger partial charge in [-0.15, -0.1) is 11.3 Å². The molecule has 0 saturated heterocycles. The Morgan fingerprint density at radius 3 is 2.55 bits per heavy atom. The molecule has 2 aromatic rings. The molecule has 0 bridgehead atoms. The Labute approximate surface area is 132 Å². The molecule has 3 nitrogen and oxygen atoms in total. The number of ether oxygens (including phenoxy) is 1. The molecule has 0 spiro atoms. The maximum atomic E-state index is 10.6. The van der Waals surface area contributed by atoms with E-state index in [1.54, 1.807) is 18.3 Å². The number of carbonyl (C=O) groups excluding carboxylic acids is 1. The number of hydrogen-bond donors (Lipinski definition) is 0. The highest BCUT2D eigenvalue weighted by Gasteiger charge is 2.13. The fourth-order valence-electron chi connectivity index (χ4n) is 1.43. The van der Waals surface area contributed by atoms with Crippen molar-refractivity contribution in [3.63, 3.8) is 0 Å². The molecule has 110 valence electrons. The normalized spacial score (nSPS) is 10.9. The fraction of sp³-hybridized carbons (Fsp3) is 0.467. The number of esters is 1. The van der Waals surface area contributed by atoms with E-state index in [1.165, 1.54) is 4.70 Å². The molecule has 0 saturated carbocycles. The minimum Gasteiger partial charge on any atom is -0.460 e. The van der Waals surface area contributed by atoms with Crippen LogP contribution in [0.3, 0.4) is 0 Å². The first-order chi connectivity index (χ1) is 9.21. The highest BCUT2D eigenvalue weighted by molar-refractivity contribution is 9.10. The van der Waals surface area contributed by atoms with Gasteiger partial charge in [-0.3, -0.25) is 4.79 Å². The van der Waals surface area contributed by atoms with Gasteiger partial charge in [-0.25, -0.2) is 4.98 Å². The summed E-state index contributed by atoms with van der Waals surface area (Å²) in [4.78, 5) is 15.0. The van der Waals surface area contributed by atoms with E-state index in [4.69, 9.17) is 4.74 Å². The van der Waals surface area contributed by atoms with Gasteiger partial charge in [0.05, 0.1) is 15.2 Å².